The zero-order chi connectivity index (χ0) is 21.1. The van der Waals surface area contributed by atoms with Gasteiger partial charge in [0.2, 0.25) is 5.91 Å². The third-order valence-electron chi connectivity index (χ3n) is 6.00. The highest BCUT2D eigenvalue weighted by atomic mass is 35.5. The first kappa shape index (κ1) is 23.2. The summed E-state index contributed by atoms with van der Waals surface area (Å²) in [5.41, 5.74) is 10.2. The van der Waals surface area contributed by atoms with Crippen molar-refractivity contribution in [1.82, 2.24) is 9.88 Å². The van der Waals surface area contributed by atoms with Crippen molar-refractivity contribution < 1.29 is 9.59 Å². The summed E-state index contributed by atoms with van der Waals surface area (Å²) in [6, 6.07) is 11.1. The van der Waals surface area contributed by atoms with Crippen molar-refractivity contribution in [3.63, 3.8) is 0 Å². The summed E-state index contributed by atoms with van der Waals surface area (Å²) in [5.74, 6) is -0.0290. The fourth-order valence-electron chi connectivity index (χ4n) is 4.06. The van der Waals surface area contributed by atoms with Crippen molar-refractivity contribution in [2.75, 3.05) is 6.54 Å². The van der Waals surface area contributed by atoms with Gasteiger partial charge < -0.3 is 10.6 Å². The Morgan fingerprint density at radius 2 is 1.97 bits per heavy atom. The highest BCUT2D eigenvalue weighted by Gasteiger charge is 2.38. The molecule has 2 aromatic rings. The second-order valence-electron chi connectivity index (χ2n) is 8.03. The number of carbonyl (C=O) groups excluding carboxylic acids is 2. The lowest BCUT2D eigenvalue weighted by atomic mass is 9.92. The maximum atomic E-state index is 12.7. The molecule has 1 aromatic heterocycles. The summed E-state index contributed by atoms with van der Waals surface area (Å²) in [6.45, 7) is 0.606. The molecule has 0 radical (unpaired) electrons. The maximum absolute atomic E-state index is 12.7. The van der Waals surface area contributed by atoms with Crippen molar-refractivity contribution in [3.8, 4) is 0 Å². The molecular formula is C25H30ClN3O2. The van der Waals surface area contributed by atoms with Crippen LogP contribution in [0.25, 0.3) is 5.03 Å². The number of hydrogen-bond acceptors (Lipinski definition) is 4. The van der Waals surface area contributed by atoms with E-state index in [-0.39, 0.29) is 25.2 Å². The highest BCUT2D eigenvalue weighted by molar-refractivity contribution is 6.49. The van der Waals surface area contributed by atoms with Crippen LogP contribution in [-0.4, -0.2) is 40.2 Å². The number of halogens is 1. The molecule has 0 bridgehead atoms. The molecule has 6 heteroatoms. The maximum Gasteiger partial charge on any atom is 0.240 e. The van der Waals surface area contributed by atoms with Gasteiger partial charge >= 0.3 is 0 Å². The van der Waals surface area contributed by atoms with Crippen LogP contribution in [0, 0.1) is 0 Å². The first-order valence-electron chi connectivity index (χ1n) is 10.5. The summed E-state index contributed by atoms with van der Waals surface area (Å²) < 4.78 is 0. The van der Waals surface area contributed by atoms with E-state index in [0.29, 0.717) is 32.2 Å². The molecule has 1 aliphatic carbocycles. The number of carbonyl (C=O) groups is 2. The van der Waals surface area contributed by atoms with E-state index in [1.165, 1.54) is 0 Å². The second-order valence-corrected chi connectivity index (χ2v) is 8.43. The Balaban J connectivity index is 0.00000272. The average molecular weight is 440 g/mol. The molecule has 4 rings (SSSR count). The molecule has 164 valence electrons. The molecule has 2 atom stereocenters. The number of Topliss-reactive ketones (excluding diaryl/α,β-unsaturated/α-hetero) is 1. The van der Waals surface area contributed by atoms with E-state index in [1.54, 1.807) is 4.90 Å². The van der Waals surface area contributed by atoms with Gasteiger partial charge in [0.05, 0.1) is 17.8 Å². The fraction of sp³-hybridized carbons (Fsp3) is 0.400. The van der Waals surface area contributed by atoms with Gasteiger partial charge in [-0.1, -0.05) is 55.4 Å². The monoisotopic (exact) mass is 439 g/mol. The lowest BCUT2D eigenvalue weighted by Gasteiger charge is -2.41. The number of hydrogen-bond donors (Lipinski definition) is 1. The summed E-state index contributed by atoms with van der Waals surface area (Å²) in [7, 11) is 0. The van der Waals surface area contributed by atoms with Crippen LogP contribution in [0.1, 0.15) is 49.1 Å². The molecule has 31 heavy (non-hydrogen) atoms. The van der Waals surface area contributed by atoms with Crippen LogP contribution >= 0.6 is 11.6 Å². The molecule has 2 aliphatic rings. The summed E-state index contributed by atoms with van der Waals surface area (Å²) in [5, 5.41) is 0.728. The topological polar surface area (TPSA) is 76.3 Å². The van der Waals surface area contributed by atoms with Crippen LogP contribution < -0.4 is 5.73 Å². The fourth-order valence-corrected chi connectivity index (χ4v) is 4.30. The van der Waals surface area contributed by atoms with Crippen LogP contribution in [0.4, 0.5) is 0 Å². The largest absolute Gasteiger partial charge is 0.331 e. The first-order chi connectivity index (χ1) is 14.5. The van der Waals surface area contributed by atoms with E-state index in [1.807, 2.05) is 48.7 Å². The van der Waals surface area contributed by atoms with Crippen molar-refractivity contribution in [2.24, 2.45) is 5.73 Å². The molecule has 1 aromatic carbocycles. The van der Waals surface area contributed by atoms with Crippen LogP contribution in [0.5, 0.6) is 0 Å². The van der Waals surface area contributed by atoms with Crippen molar-refractivity contribution >= 4 is 28.3 Å². The zero-order valence-electron chi connectivity index (χ0n) is 16.9. The molecule has 5 nitrogen and oxygen atoms in total. The highest BCUT2D eigenvalue weighted by Crippen LogP contribution is 2.30. The Labute approximate surface area is 189 Å². The molecule has 0 spiro atoms. The molecule has 2 N–H and O–H groups in total. The van der Waals surface area contributed by atoms with Crippen molar-refractivity contribution in [3.05, 3.63) is 71.1 Å². The Bertz CT molecular complexity index is 974. The lowest BCUT2D eigenvalue weighted by molar-refractivity contribution is -0.147. The third kappa shape index (κ3) is 5.23. The SMILES string of the molecule is C.N[C@H](CCc1ccccc1)C(=O)N1CCC1C(=O)CCc1cnc2c(c1)C(Cl)=CC2. The van der Waals surface area contributed by atoms with Gasteiger partial charge in [0.1, 0.15) is 0 Å². The molecular weight excluding hydrogens is 410 g/mol. The number of pyridine rings is 1. The number of benzene rings is 1. The number of fused-ring (bicyclic) bond motifs is 1. The predicted octanol–water partition coefficient (Wildman–Crippen LogP) is 3.92. The van der Waals surface area contributed by atoms with Crippen LogP contribution in [0.15, 0.2) is 48.7 Å². The Morgan fingerprint density at radius 1 is 1.19 bits per heavy atom. The van der Waals surface area contributed by atoms with Crippen LogP contribution in [0.3, 0.4) is 0 Å². The minimum Gasteiger partial charge on any atom is -0.331 e. The van der Waals surface area contributed by atoms with E-state index < -0.39 is 6.04 Å². The van der Waals surface area contributed by atoms with E-state index in [9.17, 15) is 9.59 Å². The van der Waals surface area contributed by atoms with Gasteiger partial charge in [-0.15, -0.1) is 0 Å². The summed E-state index contributed by atoms with van der Waals surface area (Å²) in [6.07, 6.45) is 7.56. The van der Waals surface area contributed by atoms with Gasteiger partial charge in [-0.25, -0.2) is 0 Å². The van der Waals surface area contributed by atoms with Crippen LogP contribution in [-0.2, 0) is 28.9 Å². The number of likely N-dealkylation sites (tertiary alicyclic amines) is 1. The number of aryl methyl sites for hydroxylation is 2. The number of rotatable bonds is 8. The number of nitrogens with two attached hydrogens (primary N) is 1. The minimum absolute atomic E-state index is 0. The first-order valence-corrected chi connectivity index (χ1v) is 10.9. The van der Waals surface area contributed by atoms with Gasteiger partial charge in [-0.2, -0.15) is 0 Å². The smallest absolute Gasteiger partial charge is 0.240 e. The van der Waals surface area contributed by atoms with Gasteiger partial charge in [-0.3, -0.25) is 14.6 Å². The molecule has 1 unspecified atom stereocenters. The number of ketones is 1. The third-order valence-corrected chi connectivity index (χ3v) is 6.36. The Morgan fingerprint density at radius 3 is 2.68 bits per heavy atom. The van der Waals surface area contributed by atoms with Gasteiger partial charge in [-0.05, 0) is 42.9 Å². The van der Waals surface area contributed by atoms with Crippen molar-refractivity contribution in [2.45, 2.75) is 58.0 Å². The van der Waals surface area contributed by atoms with Crippen LogP contribution in [0.2, 0.25) is 0 Å². The zero-order valence-corrected chi connectivity index (χ0v) is 17.6. The second kappa shape index (κ2) is 10.2. The van der Waals surface area contributed by atoms with E-state index in [2.05, 4.69) is 4.98 Å². The van der Waals surface area contributed by atoms with Crippen molar-refractivity contribution in [1.29, 1.82) is 0 Å². The quantitative estimate of drug-likeness (QED) is 0.676. The molecule has 1 amide bonds. The van der Waals surface area contributed by atoms with Gasteiger partial charge in [0.15, 0.2) is 5.78 Å². The number of amides is 1. The molecule has 2 heterocycles. The molecule has 1 fully saturated rings. The molecule has 1 aliphatic heterocycles. The minimum atomic E-state index is -0.573. The van der Waals surface area contributed by atoms with E-state index in [0.717, 1.165) is 40.3 Å². The number of aromatic nitrogens is 1. The normalized spacial score (nSPS) is 17.8. The number of allylic oxidation sites excluding steroid dienone is 1. The summed E-state index contributed by atoms with van der Waals surface area (Å²) in [4.78, 5) is 31.5. The van der Waals surface area contributed by atoms with Gasteiger partial charge in [0, 0.05) is 36.2 Å². The van der Waals surface area contributed by atoms with E-state index in [4.69, 9.17) is 17.3 Å². The standard InChI is InChI=1S/C24H26ClN3O2.CH4/c25-19-8-10-21-18(19)14-17(15-27-21)7-11-23(29)22-12-13-28(22)24(30)20(26)9-6-16-4-2-1-3-5-16;/h1-5,8,14-15,20,22H,6-7,9-13,26H2;1H4/t20-,22?;/m1./s1. The lowest BCUT2D eigenvalue weighted by Crippen LogP contribution is -2.59. The molecule has 0 saturated carbocycles. The summed E-state index contributed by atoms with van der Waals surface area (Å²) >= 11 is 6.21. The number of nitrogens with zero attached hydrogens (tertiary/aromatic N) is 2. The Hall–Kier alpha value is -2.50. The predicted molar refractivity (Wildman–Crippen MR) is 125 cm³/mol. The van der Waals surface area contributed by atoms with E-state index >= 15 is 0 Å². The average Bonchev–Trinajstić information content (AvgIpc) is 3.10. The van der Waals surface area contributed by atoms with Gasteiger partial charge in [0.25, 0.3) is 0 Å². The Kier molecular flexibility index (Phi) is 7.63. The molecule has 1 saturated heterocycles.